The topological polar surface area (TPSA) is 60.1 Å². The fourth-order valence-electron chi connectivity index (χ4n) is 2.66. The molecule has 0 aliphatic heterocycles. The Labute approximate surface area is 162 Å². The third-order valence-corrected chi connectivity index (χ3v) is 4.41. The smallest absolute Gasteiger partial charge is 0.267 e. The SMILES string of the molecule is O=c1c2cc(Br)ccc2nc(-c2ccncc2)n1N=Cc1cccc(F)c1. The van der Waals surface area contributed by atoms with Crippen LogP contribution in [0.1, 0.15) is 5.56 Å². The summed E-state index contributed by atoms with van der Waals surface area (Å²) >= 11 is 3.37. The van der Waals surface area contributed by atoms with E-state index in [2.05, 4.69) is 31.0 Å². The molecule has 0 spiro atoms. The van der Waals surface area contributed by atoms with Gasteiger partial charge in [-0.05, 0) is 48.0 Å². The lowest BCUT2D eigenvalue weighted by Crippen LogP contribution is -2.20. The van der Waals surface area contributed by atoms with Gasteiger partial charge in [-0.25, -0.2) is 9.37 Å². The molecule has 0 radical (unpaired) electrons. The molecule has 0 aliphatic rings. The summed E-state index contributed by atoms with van der Waals surface area (Å²) in [5.41, 5.74) is 1.48. The average Bonchev–Trinajstić information content (AvgIpc) is 2.68. The van der Waals surface area contributed by atoms with Gasteiger partial charge in [-0.3, -0.25) is 9.78 Å². The molecule has 27 heavy (non-hydrogen) atoms. The van der Waals surface area contributed by atoms with Crippen molar-refractivity contribution in [2.75, 3.05) is 0 Å². The molecule has 0 saturated carbocycles. The van der Waals surface area contributed by atoms with E-state index in [9.17, 15) is 9.18 Å². The fraction of sp³-hybridized carbons (Fsp3) is 0. The van der Waals surface area contributed by atoms with Crippen molar-refractivity contribution in [1.29, 1.82) is 0 Å². The van der Waals surface area contributed by atoms with Gasteiger partial charge >= 0.3 is 0 Å². The van der Waals surface area contributed by atoms with Crippen LogP contribution in [0.15, 0.2) is 81.4 Å². The van der Waals surface area contributed by atoms with Crippen LogP contribution in [0.4, 0.5) is 4.39 Å². The number of rotatable bonds is 3. The Hall–Kier alpha value is -3.19. The molecule has 132 valence electrons. The minimum atomic E-state index is -0.374. The zero-order chi connectivity index (χ0) is 18.8. The number of hydrogen-bond acceptors (Lipinski definition) is 4. The number of benzene rings is 2. The number of nitrogens with zero attached hydrogens (tertiary/aromatic N) is 4. The molecule has 2 aromatic carbocycles. The predicted molar refractivity (Wildman–Crippen MR) is 106 cm³/mol. The van der Waals surface area contributed by atoms with E-state index in [0.717, 1.165) is 4.47 Å². The first-order valence-corrected chi connectivity index (χ1v) is 8.84. The van der Waals surface area contributed by atoms with E-state index in [1.54, 1.807) is 48.8 Å². The summed E-state index contributed by atoms with van der Waals surface area (Å²) in [6, 6.07) is 14.8. The van der Waals surface area contributed by atoms with Gasteiger partial charge in [0.2, 0.25) is 0 Å². The lowest BCUT2D eigenvalue weighted by atomic mass is 10.2. The van der Waals surface area contributed by atoms with Gasteiger partial charge in [-0.2, -0.15) is 9.78 Å². The second kappa shape index (κ2) is 7.20. The minimum absolute atomic E-state index is 0.319. The molecule has 0 atom stereocenters. The molecule has 0 unspecified atom stereocenters. The first-order chi connectivity index (χ1) is 13.1. The van der Waals surface area contributed by atoms with Crippen LogP contribution in [0.3, 0.4) is 0 Å². The van der Waals surface area contributed by atoms with Gasteiger partial charge in [-0.1, -0.05) is 28.1 Å². The summed E-state index contributed by atoms with van der Waals surface area (Å²) in [6.07, 6.45) is 4.67. The molecule has 0 amide bonds. The summed E-state index contributed by atoms with van der Waals surface area (Å²) in [7, 11) is 0. The maximum absolute atomic E-state index is 13.4. The molecule has 7 heteroatoms. The van der Waals surface area contributed by atoms with Crippen molar-refractivity contribution in [2.45, 2.75) is 0 Å². The van der Waals surface area contributed by atoms with Gasteiger partial charge in [0.25, 0.3) is 5.56 Å². The van der Waals surface area contributed by atoms with Crippen molar-refractivity contribution in [3.63, 3.8) is 0 Å². The summed E-state index contributed by atoms with van der Waals surface area (Å²) in [5, 5.41) is 4.72. The first-order valence-electron chi connectivity index (χ1n) is 8.04. The van der Waals surface area contributed by atoms with Crippen molar-refractivity contribution in [3.8, 4) is 11.4 Å². The quantitative estimate of drug-likeness (QED) is 0.463. The monoisotopic (exact) mass is 422 g/mol. The summed E-state index contributed by atoms with van der Waals surface area (Å²) in [4.78, 5) is 21.7. The van der Waals surface area contributed by atoms with Gasteiger partial charge in [0.1, 0.15) is 5.82 Å². The summed E-state index contributed by atoms with van der Waals surface area (Å²) < 4.78 is 15.4. The number of pyridine rings is 1. The highest BCUT2D eigenvalue weighted by Gasteiger charge is 2.12. The van der Waals surface area contributed by atoms with Crippen LogP contribution in [0.25, 0.3) is 22.3 Å². The average molecular weight is 423 g/mol. The Morgan fingerprint density at radius 2 is 1.89 bits per heavy atom. The molecule has 2 heterocycles. The van der Waals surface area contributed by atoms with Crippen LogP contribution in [-0.2, 0) is 0 Å². The van der Waals surface area contributed by atoms with Crippen LogP contribution in [0.2, 0.25) is 0 Å². The fourth-order valence-corrected chi connectivity index (χ4v) is 3.02. The highest BCUT2D eigenvalue weighted by Crippen LogP contribution is 2.20. The lowest BCUT2D eigenvalue weighted by molar-refractivity contribution is 0.627. The van der Waals surface area contributed by atoms with Crippen LogP contribution in [-0.4, -0.2) is 20.9 Å². The van der Waals surface area contributed by atoms with Gasteiger partial charge in [0.15, 0.2) is 5.82 Å². The van der Waals surface area contributed by atoms with Crippen LogP contribution < -0.4 is 5.56 Å². The highest BCUT2D eigenvalue weighted by atomic mass is 79.9. The van der Waals surface area contributed by atoms with Crippen molar-refractivity contribution < 1.29 is 4.39 Å². The van der Waals surface area contributed by atoms with E-state index in [0.29, 0.717) is 27.9 Å². The third kappa shape index (κ3) is 3.54. The van der Waals surface area contributed by atoms with E-state index in [1.807, 2.05) is 6.07 Å². The minimum Gasteiger partial charge on any atom is -0.267 e. The van der Waals surface area contributed by atoms with Crippen LogP contribution >= 0.6 is 15.9 Å². The molecular formula is C20H12BrFN4O. The van der Waals surface area contributed by atoms with Crippen LogP contribution in [0.5, 0.6) is 0 Å². The molecular weight excluding hydrogens is 411 g/mol. The Morgan fingerprint density at radius 1 is 1.07 bits per heavy atom. The van der Waals surface area contributed by atoms with Gasteiger partial charge in [0, 0.05) is 22.4 Å². The predicted octanol–water partition coefficient (Wildman–Crippen LogP) is 4.24. The van der Waals surface area contributed by atoms with E-state index in [-0.39, 0.29) is 11.4 Å². The van der Waals surface area contributed by atoms with E-state index in [1.165, 1.54) is 23.0 Å². The second-order valence-electron chi connectivity index (χ2n) is 5.75. The van der Waals surface area contributed by atoms with Gasteiger partial charge < -0.3 is 0 Å². The molecule has 2 aromatic heterocycles. The molecule has 0 N–H and O–H groups in total. The van der Waals surface area contributed by atoms with Crippen LogP contribution in [0, 0.1) is 5.82 Å². The molecule has 4 aromatic rings. The van der Waals surface area contributed by atoms with Gasteiger partial charge in [0.05, 0.1) is 17.1 Å². The zero-order valence-electron chi connectivity index (χ0n) is 13.9. The van der Waals surface area contributed by atoms with Gasteiger partial charge in [-0.15, -0.1) is 0 Å². The standard InChI is InChI=1S/C20H12BrFN4O/c21-15-4-5-18-17(11-15)20(27)26(19(25-18)14-6-8-23-9-7-14)24-12-13-2-1-3-16(22)10-13/h1-12H. The molecule has 0 bridgehead atoms. The van der Waals surface area contributed by atoms with Crippen molar-refractivity contribution in [3.05, 3.63) is 93.2 Å². The zero-order valence-corrected chi connectivity index (χ0v) is 15.5. The molecule has 5 nitrogen and oxygen atoms in total. The van der Waals surface area contributed by atoms with Crippen molar-refractivity contribution >= 4 is 33.0 Å². The normalized spacial score (nSPS) is 11.3. The Balaban J connectivity index is 1.96. The number of fused-ring (bicyclic) bond motifs is 1. The van der Waals surface area contributed by atoms with Crippen molar-refractivity contribution in [2.24, 2.45) is 5.10 Å². The second-order valence-corrected chi connectivity index (χ2v) is 6.66. The van der Waals surface area contributed by atoms with Crippen molar-refractivity contribution in [1.82, 2.24) is 14.6 Å². The largest absolute Gasteiger partial charge is 0.282 e. The molecule has 0 aliphatic carbocycles. The maximum atomic E-state index is 13.4. The number of halogens is 2. The Kier molecular flexibility index (Phi) is 4.60. The summed E-state index contributed by atoms with van der Waals surface area (Å²) in [5.74, 6) is 0.00565. The molecule has 4 rings (SSSR count). The Bertz CT molecular complexity index is 1220. The lowest BCUT2D eigenvalue weighted by Gasteiger charge is -2.09. The first kappa shape index (κ1) is 17.2. The van der Waals surface area contributed by atoms with E-state index in [4.69, 9.17) is 0 Å². The number of hydrogen-bond donors (Lipinski definition) is 0. The molecule has 0 saturated heterocycles. The maximum Gasteiger partial charge on any atom is 0.282 e. The van der Waals surface area contributed by atoms with E-state index < -0.39 is 0 Å². The molecule has 0 fully saturated rings. The third-order valence-electron chi connectivity index (χ3n) is 3.92. The van der Waals surface area contributed by atoms with E-state index >= 15 is 0 Å². The Morgan fingerprint density at radius 3 is 2.67 bits per heavy atom. The highest BCUT2D eigenvalue weighted by molar-refractivity contribution is 9.10. The summed E-state index contributed by atoms with van der Waals surface area (Å²) in [6.45, 7) is 0. The number of aromatic nitrogens is 3.